The third-order valence-corrected chi connectivity index (χ3v) is 6.72. The van der Waals surface area contributed by atoms with Gasteiger partial charge in [0.1, 0.15) is 0 Å². The van der Waals surface area contributed by atoms with Crippen molar-refractivity contribution in [2.75, 3.05) is 31.0 Å². The zero-order chi connectivity index (χ0) is 30.2. The fourth-order valence-electron chi connectivity index (χ4n) is 4.30. The maximum atomic E-state index is 13.1. The number of amides is 2. The summed E-state index contributed by atoms with van der Waals surface area (Å²) in [6, 6.07) is 27.8. The Kier molecular flexibility index (Phi) is 9.29. The Balaban J connectivity index is 1.39. The summed E-state index contributed by atoms with van der Waals surface area (Å²) >= 11 is 0. The SMILES string of the molecule is COC(=O)c1ccc(C(=O)N(C)c2ccc(C(=O)N(C)c3ccc(/C=C/c4cccc(CC(=O)O)c4)cc3)cc2)cc1. The molecule has 0 aliphatic rings. The maximum absolute atomic E-state index is 13.1. The Hall–Kier alpha value is -5.50. The van der Waals surface area contributed by atoms with Crippen LogP contribution in [0.2, 0.25) is 0 Å². The summed E-state index contributed by atoms with van der Waals surface area (Å²) in [6.45, 7) is 0. The van der Waals surface area contributed by atoms with Crippen LogP contribution in [0, 0.1) is 0 Å². The van der Waals surface area contributed by atoms with Gasteiger partial charge >= 0.3 is 11.9 Å². The van der Waals surface area contributed by atoms with Gasteiger partial charge in [0.15, 0.2) is 0 Å². The standard InChI is InChI=1S/C34H30N2O6/c1-35(29-17-9-23(10-18-29)7-8-24-5-4-6-25(21-24)22-31(37)38)33(40)27-15-19-30(20-16-27)36(2)32(39)26-11-13-28(14-12-26)34(41)42-3/h4-21H,22H2,1-3H3,(H,37,38)/b8-7+. The van der Waals surface area contributed by atoms with E-state index in [4.69, 9.17) is 5.11 Å². The van der Waals surface area contributed by atoms with Gasteiger partial charge in [-0.05, 0) is 77.4 Å². The minimum atomic E-state index is -0.871. The van der Waals surface area contributed by atoms with Crippen molar-refractivity contribution in [1.82, 2.24) is 0 Å². The molecule has 8 heteroatoms. The van der Waals surface area contributed by atoms with Crippen molar-refractivity contribution in [1.29, 1.82) is 0 Å². The molecule has 0 unspecified atom stereocenters. The first-order valence-electron chi connectivity index (χ1n) is 13.1. The Morgan fingerprint density at radius 3 is 1.67 bits per heavy atom. The first-order chi connectivity index (χ1) is 20.2. The lowest BCUT2D eigenvalue weighted by atomic mass is 10.1. The summed E-state index contributed by atoms with van der Waals surface area (Å²) in [7, 11) is 4.64. The number of hydrogen-bond acceptors (Lipinski definition) is 5. The number of carboxylic acids is 1. The third-order valence-electron chi connectivity index (χ3n) is 6.72. The summed E-state index contributed by atoms with van der Waals surface area (Å²) in [5.74, 6) is -1.81. The van der Waals surface area contributed by atoms with Crippen molar-refractivity contribution in [3.8, 4) is 0 Å². The van der Waals surface area contributed by atoms with Gasteiger partial charge in [0.05, 0.1) is 19.1 Å². The van der Waals surface area contributed by atoms with Crippen molar-refractivity contribution in [2.45, 2.75) is 6.42 Å². The van der Waals surface area contributed by atoms with Gasteiger partial charge in [-0.15, -0.1) is 0 Å². The number of carboxylic acid groups (broad SMARTS) is 1. The molecule has 212 valence electrons. The molecule has 4 aromatic rings. The van der Waals surface area contributed by atoms with Crippen LogP contribution in [-0.2, 0) is 16.0 Å². The molecule has 0 saturated heterocycles. The van der Waals surface area contributed by atoms with Crippen LogP contribution >= 0.6 is 0 Å². The largest absolute Gasteiger partial charge is 0.481 e. The number of nitrogens with zero attached hydrogens (tertiary/aromatic N) is 2. The maximum Gasteiger partial charge on any atom is 0.337 e. The van der Waals surface area contributed by atoms with Gasteiger partial charge in [0.25, 0.3) is 11.8 Å². The van der Waals surface area contributed by atoms with Crippen molar-refractivity contribution in [3.05, 3.63) is 130 Å². The van der Waals surface area contributed by atoms with Gasteiger partial charge in [-0.25, -0.2) is 4.79 Å². The van der Waals surface area contributed by atoms with E-state index in [0.29, 0.717) is 28.1 Å². The first-order valence-corrected chi connectivity index (χ1v) is 13.1. The summed E-state index contributed by atoms with van der Waals surface area (Å²) in [5, 5.41) is 9.00. The predicted molar refractivity (Wildman–Crippen MR) is 163 cm³/mol. The Morgan fingerprint density at radius 1 is 0.667 bits per heavy atom. The van der Waals surface area contributed by atoms with Crippen LogP contribution in [-0.4, -0.2) is 50.1 Å². The monoisotopic (exact) mass is 562 g/mol. The van der Waals surface area contributed by atoms with E-state index in [1.807, 2.05) is 54.6 Å². The van der Waals surface area contributed by atoms with E-state index in [-0.39, 0.29) is 18.2 Å². The van der Waals surface area contributed by atoms with E-state index in [0.717, 1.165) is 16.7 Å². The normalized spacial score (nSPS) is 10.7. The Labute approximate surface area is 244 Å². The number of benzene rings is 4. The second kappa shape index (κ2) is 13.2. The highest BCUT2D eigenvalue weighted by Crippen LogP contribution is 2.21. The minimum Gasteiger partial charge on any atom is -0.481 e. The van der Waals surface area contributed by atoms with Gasteiger partial charge in [0, 0.05) is 36.6 Å². The molecule has 4 rings (SSSR count). The second-order valence-corrected chi connectivity index (χ2v) is 9.58. The summed E-state index contributed by atoms with van der Waals surface area (Å²) in [5.41, 5.74) is 5.13. The predicted octanol–water partition coefficient (Wildman–Crippen LogP) is 5.82. The fraction of sp³-hybridized carbons (Fsp3) is 0.118. The molecule has 0 heterocycles. The summed E-state index contributed by atoms with van der Waals surface area (Å²) < 4.78 is 4.69. The number of carbonyl (C=O) groups is 4. The Morgan fingerprint density at radius 2 is 1.14 bits per heavy atom. The van der Waals surface area contributed by atoms with E-state index in [1.54, 1.807) is 61.5 Å². The molecule has 42 heavy (non-hydrogen) atoms. The third kappa shape index (κ3) is 7.17. The highest BCUT2D eigenvalue weighted by Gasteiger charge is 2.17. The quantitative estimate of drug-likeness (QED) is 0.204. The van der Waals surface area contributed by atoms with Crippen LogP contribution in [0.1, 0.15) is 47.8 Å². The van der Waals surface area contributed by atoms with Crippen molar-refractivity contribution in [3.63, 3.8) is 0 Å². The molecule has 0 spiro atoms. The van der Waals surface area contributed by atoms with Crippen LogP contribution in [0.4, 0.5) is 11.4 Å². The van der Waals surface area contributed by atoms with E-state index in [1.165, 1.54) is 24.1 Å². The van der Waals surface area contributed by atoms with Gasteiger partial charge in [0.2, 0.25) is 0 Å². The first kappa shape index (κ1) is 29.5. The zero-order valence-corrected chi connectivity index (χ0v) is 23.5. The molecule has 4 aromatic carbocycles. The minimum absolute atomic E-state index is 0.0254. The fourth-order valence-corrected chi connectivity index (χ4v) is 4.30. The van der Waals surface area contributed by atoms with Crippen LogP contribution in [0.3, 0.4) is 0 Å². The van der Waals surface area contributed by atoms with Gasteiger partial charge < -0.3 is 19.6 Å². The van der Waals surface area contributed by atoms with Crippen LogP contribution in [0.25, 0.3) is 12.2 Å². The van der Waals surface area contributed by atoms with E-state index >= 15 is 0 Å². The van der Waals surface area contributed by atoms with Gasteiger partial charge in [-0.1, -0.05) is 48.6 Å². The number of hydrogen-bond donors (Lipinski definition) is 1. The topological polar surface area (TPSA) is 104 Å². The lowest BCUT2D eigenvalue weighted by Gasteiger charge is -2.20. The van der Waals surface area contributed by atoms with Crippen molar-refractivity contribution < 1.29 is 29.0 Å². The lowest BCUT2D eigenvalue weighted by molar-refractivity contribution is -0.136. The molecule has 0 bridgehead atoms. The smallest absolute Gasteiger partial charge is 0.337 e. The number of carbonyl (C=O) groups excluding carboxylic acids is 3. The second-order valence-electron chi connectivity index (χ2n) is 9.58. The van der Waals surface area contributed by atoms with Gasteiger partial charge in [-0.2, -0.15) is 0 Å². The molecular formula is C34H30N2O6. The summed E-state index contributed by atoms with van der Waals surface area (Å²) in [6.07, 6.45) is 3.81. The van der Waals surface area contributed by atoms with Gasteiger partial charge in [-0.3, -0.25) is 14.4 Å². The number of rotatable bonds is 9. The number of anilines is 2. The molecule has 0 saturated carbocycles. The number of methoxy groups -OCH3 is 1. The van der Waals surface area contributed by atoms with E-state index in [2.05, 4.69) is 4.74 Å². The highest BCUT2D eigenvalue weighted by atomic mass is 16.5. The van der Waals surface area contributed by atoms with Crippen LogP contribution < -0.4 is 9.80 Å². The average Bonchev–Trinajstić information content (AvgIpc) is 3.02. The molecule has 0 aliphatic heterocycles. The molecule has 0 atom stereocenters. The molecule has 0 fully saturated rings. The molecule has 0 aromatic heterocycles. The molecule has 0 radical (unpaired) electrons. The van der Waals surface area contributed by atoms with Crippen LogP contribution in [0.15, 0.2) is 97.1 Å². The molecule has 1 N–H and O–H groups in total. The average molecular weight is 563 g/mol. The number of aliphatic carboxylic acids is 1. The molecule has 8 nitrogen and oxygen atoms in total. The van der Waals surface area contributed by atoms with Crippen LogP contribution in [0.5, 0.6) is 0 Å². The lowest BCUT2D eigenvalue weighted by Crippen LogP contribution is -2.27. The number of ether oxygens (including phenoxy) is 1. The van der Waals surface area contributed by atoms with Crippen molar-refractivity contribution >= 4 is 47.3 Å². The molecule has 2 amide bonds. The van der Waals surface area contributed by atoms with Crippen molar-refractivity contribution in [2.24, 2.45) is 0 Å². The highest BCUT2D eigenvalue weighted by molar-refractivity contribution is 6.08. The summed E-state index contributed by atoms with van der Waals surface area (Å²) in [4.78, 5) is 51.7. The van der Waals surface area contributed by atoms with E-state index < -0.39 is 11.9 Å². The number of esters is 1. The van der Waals surface area contributed by atoms with E-state index in [9.17, 15) is 19.2 Å². The zero-order valence-electron chi connectivity index (χ0n) is 23.5. The Bertz CT molecular complexity index is 1620. The molecular weight excluding hydrogens is 532 g/mol. The molecule has 0 aliphatic carbocycles.